The number of hydrogen-bond donors (Lipinski definition) is 2. The SMILES string of the molecule is CN1CCc2nc(C(=O)N3CCN(S(=O)(=O)c4ccc5ccc(C(=N)N)cc5c4)CC3)sc2C1. The van der Waals surface area contributed by atoms with E-state index in [1.54, 1.807) is 35.2 Å². The van der Waals surface area contributed by atoms with Crippen molar-refractivity contribution < 1.29 is 13.2 Å². The molecule has 1 aromatic heterocycles. The lowest BCUT2D eigenvalue weighted by Crippen LogP contribution is -2.50. The second-order valence-corrected chi connectivity index (χ2v) is 11.7. The maximum absolute atomic E-state index is 13.3. The summed E-state index contributed by atoms with van der Waals surface area (Å²) in [7, 11) is -1.66. The van der Waals surface area contributed by atoms with E-state index < -0.39 is 10.0 Å². The van der Waals surface area contributed by atoms with Crippen LogP contribution >= 0.6 is 11.3 Å². The first kappa shape index (κ1) is 22.9. The second kappa shape index (κ2) is 8.73. The average Bonchev–Trinajstić information content (AvgIpc) is 3.26. The normalized spacial score (nSPS) is 17.6. The maximum atomic E-state index is 13.3. The number of fused-ring (bicyclic) bond motifs is 2. The van der Waals surface area contributed by atoms with Gasteiger partial charge < -0.3 is 15.5 Å². The van der Waals surface area contributed by atoms with E-state index in [1.807, 2.05) is 6.07 Å². The van der Waals surface area contributed by atoms with Gasteiger partial charge in [0.15, 0.2) is 5.01 Å². The lowest BCUT2D eigenvalue weighted by Gasteiger charge is -2.33. The molecule has 3 heterocycles. The van der Waals surface area contributed by atoms with Crippen molar-refractivity contribution in [3.8, 4) is 0 Å². The fraction of sp³-hybridized carbons (Fsp3) is 0.348. The van der Waals surface area contributed by atoms with Gasteiger partial charge in [-0.1, -0.05) is 18.2 Å². The summed E-state index contributed by atoms with van der Waals surface area (Å²) < 4.78 is 28.0. The molecule has 0 spiro atoms. The Morgan fingerprint density at radius 1 is 1.06 bits per heavy atom. The van der Waals surface area contributed by atoms with E-state index in [0.717, 1.165) is 35.5 Å². The Morgan fingerprint density at radius 3 is 2.53 bits per heavy atom. The molecule has 178 valence electrons. The highest BCUT2D eigenvalue weighted by Crippen LogP contribution is 2.27. The summed E-state index contributed by atoms with van der Waals surface area (Å²) in [6, 6.07) is 10.3. The standard InChI is InChI=1S/C23H26N6O3S2/c1-27-7-6-19-20(14-27)33-22(26-19)23(30)28-8-10-29(11-9-28)34(31,32)18-5-4-15-2-3-16(21(24)25)12-17(15)13-18/h2-5,12-13H,6-11,14H2,1H3,(H3,24,25). The summed E-state index contributed by atoms with van der Waals surface area (Å²) in [6.45, 7) is 2.85. The largest absolute Gasteiger partial charge is 0.384 e. The van der Waals surface area contributed by atoms with Crippen LogP contribution in [0, 0.1) is 5.41 Å². The average molecular weight is 499 g/mol. The first-order chi connectivity index (χ1) is 16.2. The third kappa shape index (κ3) is 4.20. The van der Waals surface area contributed by atoms with Crippen LogP contribution in [0.3, 0.4) is 0 Å². The quantitative estimate of drug-likeness (QED) is 0.417. The number of aromatic nitrogens is 1. The van der Waals surface area contributed by atoms with Crippen LogP contribution in [-0.4, -0.2) is 79.0 Å². The first-order valence-corrected chi connectivity index (χ1v) is 13.3. The Bertz CT molecular complexity index is 1390. The smallest absolute Gasteiger partial charge is 0.282 e. The lowest BCUT2D eigenvalue weighted by atomic mass is 10.1. The number of hydrogen-bond acceptors (Lipinski definition) is 7. The molecule has 9 nitrogen and oxygen atoms in total. The van der Waals surface area contributed by atoms with Gasteiger partial charge in [0.25, 0.3) is 5.91 Å². The molecule has 1 amide bonds. The Labute approximate surface area is 202 Å². The number of amides is 1. The van der Waals surface area contributed by atoms with Gasteiger partial charge in [0.1, 0.15) is 5.84 Å². The number of rotatable bonds is 4. The van der Waals surface area contributed by atoms with E-state index in [9.17, 15) is 13.2 Å². The van der Waals surface area contributed by atoms with E-state index in [0.29, 0.717) is 29.0 Å². The fourth-order valence-corrected chi connectivity index (χ4v) is 7.00. The van der Waals surface area contributed by atoms with Crippen LogP contribution in [0.2, 0.25) is 0 Å². The molecule has 1 saturated heterocycles. The van der Waals surface area contributed by atoms with E-state index in [2.05, 4.69) is 16.9 Å². The predicted molar refractivity (Wildman–Crippen MR) is 132 cm³/mol. The number of carbonyl (C=O) groups excluding carboxylic acids is 1. The van der Waals surface area contributed by atoms with Crippen LogP contribution in [0.5, 0.6) is 0 Å². The number of carbonyl (C=O) groups is 1. The minimum absolute atomic E-state index is 0.0657. The van der Waals surface area contributed by atoms with Gasteiger partial charge in [-0.2, -0.15) is 4.31 Å². The summed E-state index contributed by atoms with van der Waals surface area (Å²) in [6.07, 6.45) is 0.849. The van der Waals surface area contributed by atoms with Crippen molar-refractivity contribution in [2.75, 3.05) is 39.8 Å². The monoisotopic (exact) mass is 498 g/mol. The second-order valence-electron chi connectivity index (χ2n) is 8.71. The fourth-order valence-electron chi connectivity index (χ4n) is 4.38. The van der Waals surface area contributed by atoms with E-state index >= 15 is 0 Å². The zero-order valence-electron chi connectivity index (χ0n) is 18.8. The third-order valence-electron chi connectivity index (χ3n) is 6.39. The number of nitrogens with zero attached hydrogens (tertiary/aromatic N) is 4. The van der Waals surface area contributed by atoms with Crippen molar-refractivity contribution in [3.05, 3.63) is 57.5 Å². The molecule has 3 aromatic rings. The summed E-state index contributed by atoms with van der Waals surface area (Å²) in [5.74, 6) is -0.189. The summed E-state index contributed by atoms with van der Waals surface area (Å²) >= 11 is 1.45. The molecule has 0 unspecified atom stereocenters. The van der Waals surface area contributed by atoms with Gasteiger partial charge in [-0.15, -0.1) is 11.3 Å². The van der Waals surface area contributed by atoms with Crippen LogP contribution in [-0.2, 0) is 23.0 Å². The Hall–Kier alpha value is -2.86. The highest BCUT2D eigenvalue weighted by atomic mass is 32.2. The van der Waals surface area contributed by atoms with Crippen LogP contribution in [0.15, 0.2) is 41.3 Å². The number of piperazine rings is 1. The minimum Gasteiger partial charge on any atom is -0.384 e. The zero-order valence-corrected chi connectivity index (χ0v) is 20.5. The van der Waals surface area contributed by atoms with Gasteiger partial charge in [-0.05, 0) is 36.0 Å². The third-order valence-corrected chi connectivity index (χ3v) is 9.36. The molecule has 1 fully saturated rings. The van der Waals surface area contributed by atoms with Gasteiger partial charge in [0.2, 0.25) is 10.0 Å². The van der Waals surface area contributed by atoms with Crippen LogP contribution < -0.4 is 5.73 Å². The number of benzene rings is 2. The highest BCUT2D eigenvalue weighted by Gasteiger charge is 2.32. The molecule has 0 atom stereocenters. The molecule has 0 saturated carbocycles. The van der Waals surface area contributed by atoms with Crippen molar-refractivity contribution >= 4 is 43.9 Å². The molecule has 0 radical (unpaired) electrons. The van der Waals surface area contributed by atoms with Crippen molar-refractivity contribution in [3.63, 3.8) is 0 Å². The minimum atomic E-state index is -3.72. The Balaban J connectivity index is 1.30. The number of likely N-dealkylation sites (N-methyl/N-ethyl adjacent to an activating group) is 1. The summed E-state index contributed by atoms with van der Waals surface area (Å²) in [5, 5.41) is 9.70. The van der Waals surface area contributed by atoms with Crippen molar-refractivity contribution in [2.24, 2.45) is 5.73 Å². The lowest BCUT2D eigenvalue weighted by molar-refractivity contribution is 0.0697. The zero-order chi connectivity index (χ0) is 24.0. The number of nitrogen functional groups attached to an aromatic ring is 1. The van der Waals surface area contributed by atoms with Gasteiger partial charge in [-0.3, -0.25) is 10.2 Å². The molecule has 2 aliphatic rings. The topological polar surface area (TPSA) is 124 Å². The number of sulfonamides is 1. The number of nitrogens with one attached hydrogen (secondary N) is 1. The first-order valence-electron chi connectivity index (χ1n) is 11.1. The van der Waals surface area contributed by atoms with Crippen LogP contribution in [0.25, 0.3) is 10.8 Å². The maximum Gasteiger partial charge on any atom is 0.282 e. The Morgan fingerprint density at radius 2 is 1.79 bits per heavy atom. The van der Waals surface area contributed by atoms with Crippen LogP contribution in [0.4, 0.5) is 0 Å². The van der Waals surface area contributed by atoms with Gasteiger partial charge in [0.05, 0.1) is 10.6 Å². The van der Waals surface area contributed by atoms with Crippen molar-refractivity contribution in [2.45, 2.75) is 17.9 Å². The van der Waals surface area contributed by atoms with E-state index in [4.69, 9.17) is 11.1 Å². The van der Waals surface area contributed by atoms with Crippen molar-refractivity contribution in [1.82, 2.24) is 19.1 Å². The molecule has 2 aliphatic heterocycles. The molecular weight excluding hydrogens is 472 g/mol. The summed E-state index contributed by atoms with van der Waals surface area (Å²) in [5.41, 5.74) is 7.14. The van der Waals surface area contributed by atoms with Gasteiger partial charge in [0, 0.05) is 56.1 Å². The molecular formula is C23H26N6O3S2. The molecule has 2 aromatic carbocycles. The summed E-state index contributed by atoms with van der Waals surface area (Å²) in [4.78, 5) is 22.8. The van der Waals surface area contributed by atoms with Crippen molar-refractivity contribution in [1.29, 1.82) is 5.41 Å². The number of thiazole rings is 1. The number of nitrogens with two attached hydrogens (primary N) is 1. The molecule has 0 aliphatic carbocycles. The molecule has 5 rings (SSSR count). The molecule has 11 heteroatoms. The number of amidine groups is 1. The highest BCUT2D eigenvalue weighted by molar-refractivity contribution is 7.89. The van der Waals surface area contributed by atoms with Crippen LogP contribution in [0.1, 0.15) is 25.9 Å². The molecule has 34 heavy (non-hydrogen) atoms. The van der Waals surface area contributed by atoms with E-state index in [1.165, 1.54) is 15.6 Å². The molecule has 3 N–H and O–H groups in total. The Kier molecular flexibility index (Phi) is 5.88. The predicted octanol–water partition coefficient (Wildman–Crippen LogP) is 1.71. The van der Waals surface area contributed by atoms with Gasteiger partial charge >= 0.3 is 0 Å². The van der Waals surface area contributed by atoms with E-state index in [-0.39, 0.29) is 29.7 Å². The van der Waals surface area contributed by atoms with Gasteiger partial charge in [-0.25, -0.2) is 13.4 Å². The molecule has 0 bridgehead atoms.